The zero-order valence-electron chi connectivity index (χ0n) is 10.8. The summed E-state index contributed by atoms with van der Waals surface area (Å²) in [4.78, 5) is 0. The monoisotopic (exact) mass is 223 g/mol. The van der Waals surface area contributed by atoms with Crippen molar-refractivity contribution in [2.75, 3.05) is 6.54 Å². The van der Waals surface area contributed by atoms with Crippen molar-refractivity contribution in [1.82, 2.24) is 5.32 Å². The predicted octanol–water partition coefficient (Wildman–Crippen LogP) is 4.15. The second kappa shape index (κ2) is 7.50. The molecule has 0 saturated heterocycles. The Bertz CT molecular complexity index is 250. The Kier molecular flexibility index (Phi) is 6.24. The minimum absolute atomic E-state index is 0.462. The lowest BCUT2D eigenvalue weighted by molar-refractivity contribution is 0.318. The molecule has 0 bridgehead atoms. The fourth-order valence-corrected chi connectivity index (χ4v) is 2.45. The fraction of sp³-hybridized carbons (Fsp3) is 0.714. The summed E-state index contributed by atoms with van der Waals surface area (Å²) >= 11 is 0. The van der Waals surface area contributed by atoms with Crippen LogP contribution in [-0.4, -0.2) is 6.54 Å². The van der Waals surface area contributed by atoms with Gasteiger partial charge in [-0.3, -0.25) is 0 Å². The van der Waals surface area contributed by atoms with Crippen molar-refractivity contribution in [3.8, 4) is 0 Å². The Labute approximate surface area is 99.4 Å². The standard InChI is InChI=1S/C14H25NO/c1-4-7-12(8-5-2)14(15-6-3)13-9-10-16-11-13/h9-12,14-15H,4-8H2,1-3H3. The van der Waals surface area contributed by atoms with Crippen LogP contribution in [-0.2, 0) is 0 Å². The Morgan fingerprint density at radius 2 is 1.88 bits per heavy atom. The second-order valence-corrected chi connectivity index (χ2v) is 4.43. The lowest BCUT2D eigenvalue weighted by atomic mass is 9.87. The molecule has 2 nitrogen and oxygen atoms in total. The van der Waals surface area contributed by atoms with Crippen LogP contribution < -0.4 is 5.32 Å². The lowest BCUT2D eigenvalue weighted by Crippen LogP contribution is -2.28. The first-order valence-electron chi connectivity index (χ1n) is 6.58. The van der Waals surface area contributed by atoms with Gasteiger partial charge in [0.25, 0.3) is 0 Å². The van der Waals surface area contributed by atoms with Crippen LogP contribution in [0.2, 0.25) is 0 Å². The summed E-state index contributed by atoms with van der Waals surface area (Å²) in [5.74, 6) is 0.729. The normalized spacial score (nSPS) is 13.2. The molecule has 2 heteroatoms. The van der Waals surface area contributed by atoms with Crippen molar-refractivity contribution >= 4 is 0 Å². The van der Waals surface area contributed by atoms with Crippen LogP contribution in [0.3, 0.4) is 0 Å². The van der Waals surface area contributed by atoms with Crippen molar-refractivity contribution in [2.45, 2.75) is 52.5 Å². The van der Waals surface area contributed by atoms with Gasteiger partial charge in [-0.1, -0.05) is 33.6 Å². The SMILES string of the molecule is CCCC(CCC)C(NCC)c1ccoc1. The summed E-state index contributed by atoms with van der Waals surface area (Å²) < 4.78 is 5.21. The van der Waals surface area contributed by atoms with Crippen LogP contribution in [0.25, 0.3) is 0 Å². The molecule has 0 fully saturated rings. The van der Waals surface area contributed by atoms with Crippen LogP contribution in [0.4, 0.5) is 0 Å². The third-order valence-electron chi connectivity index (χ3n) is 3.12. The maximum Gasteiger partial charge on any atom is 0.0950 e. The average Bonchev–Trinajstić information content (AvgIpc) is 2.79. The van der Waals surface area contributed by atoms with Gasteiger partial charge in [0.2, 0.25) is 0 Å². The first kappa shape index (κ1) is 13.3. The summed E-state index contributed by atoms with van der Waals surface area (Å²) in [6.07, 6.45) is 8.74. The number of nitrogens with one attached hydrogen (secondary N) is 1. The highest BCUT2D eigenvalue weighted by atomic mass is 16.3. The van der Waals surface area contributed by atoms with E-state index in [2.05, 4.69) is 32.2 Å². The van der Waals surface area contributed by atoms with Crippen molar-refractivity contribution in [3.63, 3.8) is 0 Å². The van der Waals surface area contributed by atoms with Gasteiger partial charge in [0.15, 0.2) is 0 Å². The molecule has 0 radical (unpaired) electrons. The highest BCUT2D eigenvalue weighted by Gasteiger charge is 2.21. The highest BCUT2D eigenvalue weighted by molar-refractivity contribution is 5.12. The van der Waals surface area contributed by atoms with Crippen molar-refractivity contribution in [1.29, 1.82) is 0 Å². The summed E-state index contributed by atoms with van der Waals surface area (Å²) in [5, 5.41) is 3.59. The maximum atomic E-state index is 5.21. The second-order valence-electron chi connectivity index (χ2n) is 4.43. The van der Waals surface area contributed by atoms with Gasteiger partial charge in [-0.25, -0.2) is 0 Å². The Balaban J connectivity index is 2.72. The van der Waals surface area contributed by atoms with Gasteiger partial charge in [0.05, 0.1) is 12.5 Å². The Morgan fingerprint density at radius 3 is 2.31 bits per heavy atom. The molecule has 1 rings (SSSR count). The first-order valence-corrected chi connectivity index (χ1v) is 6.58. The molecule has 1 aromatic heterocycles. The van der Waals surface area contributed by atoms with Crippen LogP contribution in [0, 0.1) is 5.92 Å². The van der Waals surface area contributed by atoms with Crippen LogP contribution in [0.1, 0.15) is 58.1 Å². The summed E-state index contributed by atoms with van der Waals surface area (Å²) in [5.41, 5.74) is 1.30. The van der Waals surface area contributed by atoms with Crippen molar-refractivity contribution < 1.29 is 4.42 Å². The van der Waals surface area contributed by atoms with E-state index in [0.717, 1.165) is 12.5 Å². The average molecular weight is 223 g/mol. The molecular formula is C14H25NO. The van der Waals surface area contributed by atoms with E-state index in [1.54, 1.807) is 6.26 Å². The van der Waals surface area contributed by atoms with E-state index in [1.165, 1.54) is 31.2 Å². The van der Waals surface area contributed by atoms with E-state index >= 15 is 0 Å². The quantitative estimate of drug-likeness (QED) is 0.716. The number of furan rings is 1. The van der Waals surface area contributed by atoms with Gasteiger partial charge >= 0.3 is 0 Å². The molecule has 1 aromatic rings. The molecule has 16 heavy (non-hydrogen) atoms. The molecule has 1 atom stereocenters. The molecule has 0 aliphatic heterocycles. The topological polar surface area (TPSA) is 25.2 Å². The van der Waals surface area contributed by atoms with E-state index in [0.29, 0.717) is 6.04 Å². The van der Waals surface area contributed by atoms with E-state index in [4.69, 9.17) is 4.42 Å². The number of hydrogen-bond donors (Lipinski definition) is 1. The summed E-state index contributed by atoms with van der Waals surface area (Å²) in [6.45, 7) is 7.71. The molecule has 92 valence electrons. The largest absolute Gasteiger partial charge is 0.472 e. The molecule has 1 heterocycles. The van der Waals surface area contributed by atoms with E-state index in [-0.39, 0.29) is 0 Å². The van der Waals surface area contributed by atoms with Gasteiger partial charge < -0.3 is 9.73 Å². The maximum absolute atomic E-state index is 5.21. The molecule has 0 aliphatic rings. The summed E-state index contributed by atoms with van der Waals surface area (Å²) in [6, 6.07) is 2.55. The van der Waals surface area contributed by atoms with E-state index < -0.39 is 0 Å². The Hall–Kier alpha value is -0.760. The smallest absolute Gasteiger partial charge is 0.0950 e. The highest BCUT2D eigenvalue weighted by Crippen LogP contribution is 2.29. The molecular weight excluding hydrogens is 198 g/mol. The van der Waals surface area contributed by atoms with Crippen LogP contribution in [0.5, 0.6) is 0 Å². The molecule has 0 saturated carbocycles. The van der Waals surface area contributed by atoms with Crippen LogP contribution >= 0.6 is 0 Å². The minimum atomic E-state index is 0.462. The zero-order chi connectivity index (χ0) is 11.8. The van der Waals surface area contributed by atoms with Crippen molar-refractivity contribution in [2.24, 2.45) is 5.92 Å². The van der Waals surface area contributed by atoms with Gasteiger partial charge in [0.1, 0.15) is 0 Å². The van der Waals surface area contributed by atoms with Gasteiger partial charge in [-0.05, 0) is 31.4 Å². The molecule has 0 spiro atoms. The van der Waals surface area contributed by atoms with E-state index in [1.807, 2.05) is 6.26 Å². The minimum Gasteiger partial charge on any atom is -0.472 e. The zero-order valence-corrected chi connectivity index (χ0v) is 10.8. The van der Waals surface area contributed by atoms with Gasteiger partial charge in [-0.15, -0.1) is 0 Å². The molecule has 0 aliphatic carbocycles. The van der Waals surface area contributed by atoms with Gasteiger partial charge in [-0.2, -0.15) is 0 Å². The first-order chi connectivity index (χ1) is 7.83. The van der Waals surface area contributed by atoms with Crippen LogP contribution in [0.15, 0.2) is 23.0 Å². The third-order valence-corrected chi connectivity index (χ3v) is 3.12. The lowest BCUT2D eigenvalue weighted by Gasteiger charge is -2.26. The third kappa shape index (κ3) is 3.67. The number of hydrogen-bond acceptors (Lipinski definition) is 2. The van der Waals surface area contributed by atoms with Crippen molar-refractivity contribution in [3.05, 3.63) is 24.2 Å². The van der Waals surface area contributed by atoms with E-state index in [9.17, 15) is 0 Å². The summed E-state index contributed by atoms with van der Waals surface area (Å²) in [7, 11) is 0. The molecule has 1 N–H and O–H groups in total. The number of rotatable bonds is 8. The molecule has 0 aromatic carbocycles. The van der Waals surface area contributed by atoms with Gasteiger partial charge in [0, 0.05) is 11.6 Å². The fourth-order valence-electron chi connectivity index (χ4n) is 2.45. The molecule has 1 unspecified atom stereocenters. The molecule has 0 amide bonds. The Morgan fingerprint density at radius 1 is 1.19 bits per heavy atom. The predicted molar refractivity (Wildman–Crippen MR) is 68.4 cm³/mol.